The Morgan fingerprint density at radius 1 is 1.12 bits per heavy atom. The van der Waals surface area contributed by atoms with E-state index in [0.717, 1.165) is 13.1 Å². The number of aryl methyl sites for hydroxylation is 1. The van der Waals surface area contributed by atoms with E-state index in [4.69, 9.17) is 0 Å². The molecule has 2 unspecified atom stereocenters. The molecule has 0 aliphatic carbocycles. The van der Waals surface area contributed by atoms with E-state index in [1.54, 1.807) is 0 Å². The summed E-state index contributed by atoms with van der Waals surface area (Å²) in [5.74, 6) is 1.32. The van der Waals surface area contributed by atoms with Gasteiger partial charge < -0.3 is 5.32 Å². The summed E-state index contributed by atoms with van der Waals surface area (Å²) in [6.45, 7) is 11.2. The van der Waals surface area contributed by atoms with Gasteiger partial charge in [0.1, 0.15) is 0 Å². The van der Waals surface area contributed by atoms with Crippen LogP contribution >= 0.6 is 0 Å². The van der Waals surface area contributed by atoms with Gasteiger partial charge in [0, 0.05) is 0 Å². The van der Waals surface area contributed by atoms with Crippen LogP contribution in [0.15, 0.2) is 24.3 Å². The molecule has 0 saturated heterocycles. The van der Waals surface area contributed by atoms with E-state index in [0.29, 0.717) is 11.8 Å². The second-order valence-electron chi connectivity index (χ2n) is 4.88. The molecule has 1 heteroatoms. The van der Waals surface area contributed by atoms with Gasteiger partial charge in [-0.2, -0.15) is 0 Å². The van der Waals surface area contributed by atoms with Gasteiger partial charge in [0.2, 0.25) is 0 Å². The summed E-state index contributed by atoms with van der Waals surface area (Å²) in [6.07, 6.45) is 1.21. The monoisotopic (exact) mass is 219 g/mol. The van der Waals surface area contributed by atoms with Crippen molar-refractivity contribution in [2.24, 2.45) is 5.92 Å². The summed E-state index contributed by atoms with van der Waals surface area (Å²) in [4.78, 5) is 0. The number of rotatable bonds is 6. The molecule has 0 amide bonds. The van der Waals surface area contributed by atoms with Crippen LogP contribution in [0.25, 0.3) is 0 Å². The topological polar surface area (TPSA) is 12.0 Å². The zero-order chi connectivity index (χ0) is 12.0. The zero-order valence-corrected chi connectivity index (χ0v) is 11.1. The van der Waals surface area contributed by atoms with Gasteiger partial charge in [-0.25, -0.2) is 0 Å². The van der Waals surface area contributed by atoms with E-state index in [2.05, 4.69) is 57.3 Å². The molecule has 0 fully saturated rings. The van der Waals surface area contributed by atoms with Crippen LogP contribution < -0.4 is 5.32 Å². The van der Waals surface area contributed by atoms with E-state index in [-0.39, 0.29) is 0 Å². The van der Waals surface area contributed by atoms with Crippen LogP contribution in [-0.4, -0.2) is 13.1 Å². The first-order valence-electron chi connectivity index (χ1n) is 6.42. The minimum Gasteiger partial charge on any atom is -0.316 e. The highest BCUT2D eigenvalue weighted by atomic mass is 14.8. The molecule has 1 rings (SSSR count). The standard InChI is InChI=1S/C15H25N/c1-5-10-16-11-13(3)14(4)15-8-6-12(2)7-9-15/h6-9,13-14,16H,5,10-11H2,1-4H3. The summed E-state index contributed by atoms with van der Waals surface area (Å²) in [7, 11) is 0. The van der Waals surface area contributed by atoms with Crippen molar-refractivity contribution in [1.29, 1.82) is 0 Å². The Balaban J connectivity index is 2.49. The highest BCUT2D eigenvalue weighted by molar-refractivity contribution is 5.24. The quantitative estimate of drug-likeness (QED) is 0.719. The lowest BCUT2D eigenvalue weighted by Gasteiger charge is -2.21. The van der Waals surface area contributed by atoms with E-state index >= 15 is 0 Å². The van der Waals surface area contributed by atoms with Crippen molar-refractivity contribution in [1.82, 2.24) is 5.32 Å². The molecule has 16 heavy (non-hydrogen) atoms. The van der Waals surface area contributed by atoms with Crippen molar-refractivity contribution in [3.05, 3.63) is 35.4 Å². The van der Waals surface area contributed by atoms with Crippen LogP contribution in [-0.2, 0) is 0 Å². The Morgan fingerprint density at radius 2 is 1.75 bits per heavy atom. The van der Waals surface area contributed by atoms with Crippen molar-refractivity contribution in [2.75, 3.05) is 13.1 Å². The van der Waals surface area contributed by atoms with Crippen LogP contribution in [0.5, 0.6) is 0 Å². The predicted molar refractivity (Wildman–Crippen MR) is 71.9 cm³/mol. The first kappa shape index (κ1) is 13.2. The molecule has 0 bridgehead atoms. The lowest BCUT2D eigenvalue weighted by Crippen LogP contribution is -2.25. The Morgan fingerprint density at radius 3 is 2.31 bits per heavy atom. The molecule has 0 aliphatic rings. The van der Waals surface area contributed by atoms with E-state index < -0.39 is 0 Å². The van der Waals surface area contributed by atoms with Crippen LogP contribution in [0.1, 0.15) is 44.2 Å². The largest absolute Gasteiger partial charge is 0.316 e. The van der Waals surface area contributed by atoms with Gasteiger partial charge in [-0.15, -0.1) is 0 Å². The van der Waals surface area contributed by atoms with Crippen molar-refractivity contribution in [3.63, 3.8) is 0 Å². The number of hydrogen-bond acceptors (Lipinski definition) is 1. The lowest BCUT2D eigenvalue weighted by molar-refractivity contribution is 0.448. The zero-order valence-electron chi connectivity index (χ0n) is 11.1. The van der Waals surface area contributed by atoms with Crippen LogP contribution in [0.3, 0.4) is 0 Å². The lowest BCUT2D eigenvalue weighted by atomic mass is 9.88. The number of benzene rings is 1. The fourth-order valence-electron chi connectivity index (χ4n) is 1.88. The highest BCUT2D eigenvalue weighted by Crippen LogP contribution is 2.23. The van der Waals surface area contributed by atoms with Gasteiger partial charge in [0.15, 0.2) is 0 Å². The summed E-state index contributed by atoms with van der Waals surface area (Å²) in [5.41, 5.74) is 2.80. The van der Waals surface area contributed by atoms with Crippen molar-refractivity contribution < 1.29 is 0 Å². The average Bonchev–Trinajstić information content (AvgIpc) is 2.29. The van der Waals surface area contributed by atoms with E-state index in [9.17, 15) is 0 Å². The molecule has 90 valence electrons. The maximum absolute atomic E-state index is 3.50. The van der Waals surface area contributed by atoms with Gasteiger partial charge in [0.25, 0.3) is 0 Å². The normalized spacial score (nSPS) is 14.8. The average molecular weight is 219 g/mol. The molecule has 1 aromatic carbocycles. The number of nitrogens with one attached hydrogen (secondary N) is 1. The molecule has 2 atom stereocenters. The molecule has 0 spiro atoms. The summed E-state index contributed by atoms with van der Waals surface area (Å²) in [6, 6.07) is 8.93. The maximum Gasteiger partial charge on any atom is -0.00174 e. The molecule has 0 saturated carbocycles. The fourth-order valence-corrected chi connectivity index (χ4v) is 1.88. The van der Waals surface area contributed by atoms with Crippen molar-refractivity contribution in [3.8, 4) is 0 Å². The van der Waals surface area contributed by atoms with E-state index in [1.165, 1.54) is 17.5 Å². The Kier molecular flexibility index (Phi) is 5.54. The van der Waals surface area contributed by atoms with Crippen LogP contribution in [0, 0.1) is 12.8 Å². The molecule has 0 heterocycles. The van der Waals surface area contributed by atoms with Crippen LogP contribution in [0.4, 0.5) is 0 Å². The number of hydrogen-bond donors (Lipinski definition) is 1. The van der Waals surface area contributed by atoms with Crippen LogP contribution in [0.2, 0.25) is 0 Å². The van der Waals surface area contributed by atoms with E-state index in [1.807, 2.05) is 0 Å². The fraction of sp³-hybridized carbons (Fsp3) is 0.600. The van der Waals surface area contributed by atoms with Gasteiger partial charge in [-0.05, 0) is 43.8 Å². The predicted octanol–water partition coefficient (Wildman–Crippen LogP) is 3.73. The summed E-state index contributed by atoms with van der Waals surface area (Å²) < 4.78 is 0. The minimum absolute atomic E-state index is 0.630. The molecule has 1 nitrogen and oxygen atoms in total. The summed E-state index contributed by atoms with van der Waals surface area (Å²) >= 11 is 0. The molecule has 1 aromatic rings. The molecule has 1 N–H and O–H groups in total. The maximum atomic E-state index is 3.50. The van der Waals surface area contributed by atoms with Gasteiger partial charge >= 0.3 is 0 Å². The second-order valence-corrected chi connectivity index (χ2v) is 4.88. The Bertz CT molecular complexity index is 289. The molecular formula is C15H25N. The minimum atomic E-state index is 0.630. The first-order valence-corrected chi connectivity index (χ1v) is 6.42. The van der Waals surface area contributed by atoms with Gasteiger partial charge in [-0.3, -0.25) is 0 Å². The highest BCUT2D eigenvalue weighted by Gasteiger charge is 2.13. The molecule has 0 radical (unpaired) electrons. The second kappa shape index (κ2) is 6.70. The Hall–Kier alpha value is -0.820. The van der Waals surface area contributed by atoms with Crippen molar-refractivity contribution >= 4 is 0 Å². The van der Waals surface area contributed by atoms with Gasteiger partial charge in [0.05, 0.1) is 0 Å². The SMILES string of the molecule is CCCNCC(C)C(C)c1ccc(C)cc1. The third kappa shape index (κ3) is 3.97. The third-order valence-corrected chi connectivity index (χ3v) is 3.35. The van der Waals surface area contributed by atoms with Gasteiger partial charge in [-0.1, -0.05) is 50.6 Å². The third-order valence-electron chi connectivity index (χ3n) is 3.35. The smallest absolute Gasteiger partial charge is 0.00174 e. The summed E-state index contributed by atoms with van der Waals surface area (Å²) in [5, 5.41) is 3.50. The molecule has 0 aliphatic heterocycles. The molecular weight excluding hydrogens is 194 g/mol. The Labute approximate surface area is 100 Å². The first-order chi connectivity index (χ1) is 7.65. The molecule has 0 aromatic heterocycles. The van der Waals surface area contributed by atoms with Crippen molar-refractivity contribution in [2.45, 2.75) is 40.0 Å².